The molecule has 27 aromatic rings. The molecule has 630 valence electrons. The van der Waals surface area contributed by atoms with Gasteiger partial charge in [-0.2, -0.15) is 0 Å². The van der Waals surface area contributed by atoms with E-state index in [2.05, 4.69) is 473 Å². The van der Waals surface area contributed by atoms with Crippen molar-refractivity contribution in [2.24, 2.45) is 0 Å². The Morgan fingerprint density at radius 1 is 0.0889 bits per heavy atom. The average Bonchev–Trinajstić information content (AvgIpc) is 1.72. The number of furan rings is 3. The largest absolute Gasteiger partial charge is 0.456 e. The van der Waals surface area contributed by atoms with Gasteiger partial charge >= 0.3 is 0 Å². The smallest absolute Gasteiger partial charge is 0.136 e. The van der Waals surface area contributed by atoms with Crippen LogP contribution in [0, 0.1) is 0 Å². The maximum absolute atomic E-state index is 6.31. The zero-order valence-electron chi connectivity index (χ0n) is 73.7. The summed E-state index contributed by atoms with van der Waals surface area (Å²) in [4.78, 5) is 0. The fourth-order valence-electron chi connectivity index (χ4n) is 21.2. The van der Waals surface area contributed by atoms with Gasteiger partial charge in [0.15, 0.2) is 0 Å². The molecule has 0 aliphatic rings. The first-order valence-corrected chi connectivity index (χ1v) is 46.3. The molecule has 0 saturated heterocycles. The van der Waals surface area contributed by atoms with E-state index in [1.807, 2.05) is 36.4 Å². The minimum atomic E-state index is 0.908. The van der Waals surface area contributed by atoms with Crippen LogP contribution in [0.2, 0.25) is 0 Å². The highest BCUT2D eigenvalue weighted by atomic mass is 16.3. The summed E-state index contributed by atoms with van der Waals surface area (Å²) in [5, 5.41) is 21.9. The Bertz CT molecular complexity index is 9130. The summed E-state index contributed by atoms with van der Waals surface area (Å²) in [6, 6.07) is 183. The first kappa shape index (κ1) is 79.4. The molecular weight excluding hydrogens is 1630 g/mol. The van der Waals surface area contributed by atoms with E-state index in [0.717, 1.165) is 82.5 Å². The van der Waals surface area contributed by atoms with Crippen molar-refractivity contribution in [2.75, 3.05) is 0 Å². The quantitative estimate of drug-likeness (QED) is 0.114. The lowest BCUT2D eigenvalue weighted by Crippen LogP contribution is -1.94. The van der Waals surface area contributed by atoms with Crippen LogP contribution < -0.4 is 0 Å². The van der Waals surface area contributed by atoms with Crippen molar-refractivity contribution in [3.63, 3.8) is 0 Å². The zero-order valence-corrected chi connectivity index (χ0v) is 73.7. The maximum Gasteiger partial charge on any atom is 0.136 e. The van der Waals surface area contributed by atoms with E-state index >= 15 is 0 Å². The Balaban J connectivity index is 0.000000108. The second-order valence-electron chi connectivity index (χ2n) is 34.9. The van der Waals surface area contributed by atoms with Crippen LogP contribution in [-0.2, 0) is 0 Å². The summed E-state index contributed by atoms with van der Waals surface area (Å²) >= 11 is 0. The zero-order chi connectivity index (χ0) is 89.2. The lowest BCUT2D eigenvalue weighted by Gasteiger charge is -2.21. The van der Waals surface area contributed by atoms with Crippen LogP contribution in [0.15, 0.2) is 523 Å². The highest BCUT2D eigenvalue weighted by Crippen LogP contribution is 2.53. The average molecular weight is 1720 g/mol. The Hall–Kier alpha value is -17.8. The van der Waals surface area contributed by atoms with Gasteiger partial charge in [-0.25, -0.2) is 0 Å². The Labute approximate surface area is 781 Å². The van der Waals surface area contributed by atoms with Crippen molar-refractivity contribution in [1.29, 1.82) is 0 Å². The molecule has 135 heavy (non-hydrogen) atoms. The lowest BCUT2D eigenvalue weighted by atomic mass is 9.82. The summed E-state index contributed by atoms with van der Waals surface area (Å²) < 4.78 is 18.9. The Morgan fingerprint density at radius 3 is 0.570 bits per heavy atom. The van der Waals surface area contributed by atoms with Gasteiger partial charge in [0.1, 0.15) is 33.5 Å². The fourth-order valence-corrected chi connectivity index (χ4v) is 21.2. The number of benzene rings is 24. The molecule has 0 radical (unpaired) electrons. The van der Waals surface area contributed by atoms with Gasteiger partial charge in [-0.1, -0.05) is 443 Å². The first-order valence-electron chi connectivity index (χ1n) is 46.3. The van der Waals surface area contributed by atoms with Crippen molar-refractivity contribution in [1.82, 2.24) is 0 Å². The van der Waals surface area contributed by atoms with Gasteiger partial charge in [0.2, 0.25) is 0 Å². The van der Waals surface area contributed by atoms with Crippen molar-refractivity contribution in [3.8, 4) is 134 Å². The number of hydrogen-bond donors (Lipinski definition) is 0. The fraction of sp³-hybridized carbons (Fsp3) is 0. The number of fused-ring (bicyclic) bond motifs is 15. The van der Waals surface area contributed by atoms with Gasteiger partial charge in [-0.15, -0.1) is 0 Å². The van der Waals surface area contributed by atoms with Crippen LogP contribution in [0.4, 0.5) is 0 Å². The minimum absolute atomic E-state index is 0.908. The lowest BCUT2D eigenvalue weighted by molar-refractivity contribution is 0.668. The predicted molar refractivity (Wildman–Crippen MR) is 571 cm³/mol. The summed E-state index contributed by atoms with van der Waals surface area (Å²) in [6.45, 7) is 0. The number of hydrogen-bond acceptors (Lipinski definition) is 3. The highest BCUT2D eigenvalue weighted by molar-refractivity contribution is 6.27. The third-order valence-electron chi connectivity index (χ3n) is 27.3. The molecule has 0 N–H and O–H groups in total. The summed E-state index contributed by atoms with van der Waals surface area (Å²) in [7, 11) is 0. The van der Waals surface area contributed by atoms with Crippen LogP contribution in [0.3, 0.4) is 0 Å². The predicted octanol–water partition coefficient (Wildman–Crippen LogP) is 37.7. The van der Waals surface area contributed by atoms with Gasteiger partial charge in [-0.05, 0) is 265 Å². The monoisotopic (exact) mass is 1720 g/mol. The second kappa shape index (κ2) is 33.9. The Kier molecular flexibility index (Phi) is 20.0. The highest BCUT2D eigenvalue weighted by Gasteiger charge is 2.26. The van der Waals surface area contributed by atoms with Crippen molar-refractivity contribution < 1.29 is 13.3 Å². The number of rotatable bonds is 12. The third kappa shape index (κ3) is 14.1. The van der Waals surface area contributed by atoms with E-state index in [4.69, 9.17) is 13.3 Å². The summed E-state index contributed by atoms with van der Waals surface area (Å²) in [5.74, 6) is 0. The first-order chi connectivity index (χ1) is 67.0. The molecule has 0 amide bonds. The molecule has 0 bridgehead atoms. The molecule has 0 aliphatic carbocycles. The standard InChI is InChI=1S/3C44H28O/c1-2-14-29(15-3-1)31-16-4-6-19-35(31)43-37-21-8-10-23-39(37)44(40-24-11-9-22-38(40)43)36-20-7-5-17-32(36)30-26-27-34-33-18-12-13-25-41(33)45-42(34)28-30;1-2-13-29(14-3-1)33-17-4-5-19-36(33)44-39-22-8-6-20-37(39)43(38-21-7-9-23-40(38)44)32-16-12-15-30(27-32)31-25-26-35-34-18-10-11-24-41(34)45-42(35)28-31;1-2-13-29(14-3-1)30-15-12-16-32(27-30)43-37-20-6-8-22-39(37)44(40-23-9-7-21-38(40)43)36-19-5-4-17-33(36)31-25-26-35-34-18-10-11-24-41(34)45-42(35)28-31/h3*1-28H. The number of para-hydroxylation sites is 3. The van der Waals surface area contributed by atoms with Gasteiger partial charge in [0.25, 0.3) is 0 Å². The molecule has 0 aliphatic heterocycles. The van der Waals surface area contributed by atoms with Crippen LogP contribution in [0.1, 0.15) is 0 Å². The van der Waals surface area contributed by atoms with E-state index in [0.29, 0.717) is 0 Å². The van der Waals surface area contributed by atoms with Crippen LogP contribution in [0.25, 0.3) is 264 Å². The SMILES string of the molecule is c1ccc(-c2cccc(-c3c4ccccc4c(-c4ccccc4-c4ccc5c(c4)oc4ccccc45)c4ccccc34)c2)cc1.c1ccc(-c2ccccc2-c2c3ccccc3c(-c3cccc(-c4ccc5c(c4)oc4ccccc45)c3)c3ccccc23)cc1.c1ccc(-c2ccccc2-c2c3ccccc3c(-c3ccccc3-c3ccc4c(c3)oc3ccccc34)c3ccccc23)cc1. The molecule has 3 heterocycles. The Morgan fingerprint density at radius 2 is 0.274 bits per heavy atom. The van der Waals surface area contributed by atoms with Crippen LogP contribution in [0.5, 0.6) is 0 Å². The molecule has 3 nitrogen and oxygen atoms in total. The van der Waals surface area contributed by atoms with E-state index < -0.39 is 0 Å². The topological polar surface area (TPSA) is 39.4 Å². The van der Waals surface area contributed by atoms with Crippen LogP contribution in [-0.4, -0.2) is 0 Å². The summed E-state index contributed by atoms with van der Waals surface area (Å²) in [6.07, 6.45) is 0. The van der Waals surface area contributed by atoms with Gasteiger partial charge < -0.3 is 13.3 Å². The van der Waals surface area contributed by atoms with Crippen molar-refractivity contribution in [2.45, 2.75) is 0 Å². The molecular formula is C132H84O3. The molecule has 24 aromatic carbocycles. The molecule has 0 atom stereocenters. The minimum Gasteiger partial charge on any atom is -0.456 e. The molecule has 0 unspecified atom stereocenters. The van der Waals surface area contributed by atoms with Crippen molar-refractivity contribution >= 4 is 130 Å². The van der Waals surface area contributed by atoms with Gasteiger partial charge in [0, 0.05) is 32.3 Å². The molecule has 0 spiro atoms. The van der Waals surface area contributed by atoms with E-state index in [1.54, 1.807) is 0 Å². The van der Waals surface area contributed by atoms with E-state index in [9.17, 15) is 0 Å². The van der Waals surface area contributed by atoms with Gasteiger partial charge in [0.05, 0.1) is 0 Å². The van der Waals surface area contributed by atoms with E-state index in [1.165, 1.54) is 181 Å². The molecule has 27 rings (SSSR count). The molecule has 3 aromatic heterocycles. The maximum atomic E-state index is 6.31. The molecule has 3 heteroatoms. The summed E-state index contributed by atoms with van der Waals surface area (Å²) in [5.41, 5.74) is 34.7. The second-order valence-corrected chi connectivity index (χ2v) is 34.9. The molecule has 0 fully saturated rings. The normalized spacial score (nSPS) is 11.6. The van der Waals surface area contributed by atoms with Gasteiger partial charge in [-0.3, -0.25) is 0 Å². The third-order valence-corrected chi connectivity index (χ3v) is 27.3. The van der Waals surface area contributed by atoms with Crippen molar-refractivity contribution in [3.05, 3.63) is 510 Å². The molecule has 0 saturated carbocycles. The van der Waals surface area contributed by atoms with E-state index in [-0.39, 0.29) is 0 Å². The van der Waals surface area contributed by atoms with Crippen LogP contribution >= 0.6 is 0 Å².